The quantitative estimate of drug-likeness (QED) is 0.673. The number of nitrogens with one attached hydrogen (secondary N) is 1. The lowest BCUT2D eigenvalue weighted by atomic mass is 9.89. The number of thiophene rings is 1. The van der Waals surface area contributed by atoms with Gasteiger partial charge in [-0.1, -0.05) is 29.8 Å². The van der Waals surface area contributed by atoms with Gasteiger partial charge in [-0.15, -0.1) is 16.4 Å². The topological polar surface area (TPSA) is 111 Å². The van der Waals surface area contributed by atoms with Crippen molar-refractivity contribution in [2.75, 3.05) is 0 Å². The summed E-state index contributed by atoms with van der Waals surface area (Å²) in [5, 5.41) is 8.42. The van der Waals surface area contributed by atoms with Crippen molar-refractivity contribution in [3.8, 4) is 0 Å². The number of aryl methyl sites for hydroxylation is 2. The van der Waals surface area contributed by atoms with Crippen molar-refractivity contribution in [2.24, 2.45) is 5.92 Å². The van der Waals surface area contributed by atoms with Crippen molar-refractivity contribution >= 4 is 37.5 Å². The van der Waals surface area contributed by atoms with Crippen molar-refractivity contribution in [2.45, 2.75) is 44.6 Å². The fraction of sp³-hybridized carbons (Fsp3) is 0.368. The van der Waals surface area contributed by atoms with Gasteiger partial charge in [0.25, 0.3) is 21.5 Å². The Bertz CT molecular complexity index is 1260. The van der Waals surface area contributed by atoms with Crippen LogP contribution in [0.15, 0.2) is 34.0 Å². The third-order valence-corrected chi connectivity index (χ3v) is 7.59. The Morgan fingerprint density at radius 1 is 1.31 bits per heavy atom. The van der Waals surface area contributed by atoms with Gasteiger partial charge < -0.3 is 0 Å². The minimum absolute atomic E-state index is 0.0219. The SMILES string of the molecule is Cc1ccc(S(=O)(=O)NC(=O)Cn2nnc3sc4c(c3c2=O)CCC(C)C4)cc1. The Labute approximate surface area is 171 Å². The first-order valence-electron chi connectivity index (χ1n) is 9.25. The van der Waals surface area contributed by atoms with Gasteiger partial charge in [0.1, 0.15) is 6.54 Å². The van der Waals surface area contributed by atoms with Crippen LogP contribution in [0.25, 0.3) is 10.2 Å². The number of hydrogen-bond donors (Lipinski definition) is 1. The van der Waals surface area contributed by atoms with E-state index in [-0.39, 0.29) is 4.90 Å². The molecular formula is C19H20N4O4S2. The van der Waals surface area contributed by atoms with Gasteiger partial charge in [-0.3, -0.25) is 9.59 Å². The highest BCUT2D eigenvalue weighted by Gasteiger charge is 2.25. The van der Waals surface area contributed by atoms with Crippen LogP contribution in [0.2, 0.25) is 0 Å². The Hall–Kier alpha value is -2.59. The summed E-state index contributed by atoms with van der Waals surface area (Å²) in [7, 11) is -4.02. The first-order valence-corrected chi connectivity index (χ1v) is 11.5. The summed E-state index contributed by atoms with van der Waals surface area (Å²) in [5.74, 6) is -0.289. The molecule has 2 aromatic heterocycles. The predicted octanol–water partition coefficient (Wildman–Crippen LogP) is 1.79. The number of hydrogen-bond acceptors (Lipinski definition) is 7. The normalized spacial score (nSPS) is 16.6. The predicted molar refractivity (Wildman–Crippen MR) is 109 cm³/mol. The molecule has 1 N–H and O–H groups in total. The van der Waals surface area contributed by atoms with Crippen LogP contribution in [-0.4, -0.2) is 29.3 Å². The molecule has 29 heavy (non-hydrogen) atoms. The molecule has 1 aliphatic carbocycles. The van der Waals surface area contributed by atoms with Crippen LogP contribution >= 0.6 is 11.3 Å². The molecule has 0 saturated heterocycles. The second-order valence-electron chi connectivity index (χ2n) is 7.43. The first-order chi connectivity index (χ1) is 13.7. The zero-order chi connectivity index (χ0) is 20.8. The number of benzene rings is 1. The fourth-order valence-corrected chi connectivity index (χ4v) is 5.78. The zero-order valence-electron chi connectivity index (χ0n) is 16.0. The zero-order valence-corrected chi connectivity index (χ0v) is 17.6. The minimum atomic E-state index is -4.02. The summed E-state index contributed by atoms with van der Waals surface area (Å²) in [5.41, 5.74) is 1.48. The molecule has 2 heterocycles. The Morgan fingerprint density at radius 3 is 2.76 bits per heavy atom. The van der Waals surface area contributed by atoms with Crippen LogP contribution in [0.3, 0.4) is 0 Å². The van der Waals surface area contributed by atoms with Crippen LogP contribution < -0.4 is 10.3 Å². The van der Waals surface area contributed by atoms with E-state index in [0.717, 1.165) is 39.9 Å². The van der Waals surface area contributed by atoms with Gasteiger partial charge in [-0.05, 0) is 49.8 Å². The van der Waals surface area contributed by atoms with Crippen LogP contribution in [-0.2, 0) is 34.2 Å². The molecule has 1 amide bonds. The highest BCUT2D eigenvalue weighted by molar-refractivity contribution is 7.90. The van der Waals surface area contributed by atoms with E-state index in [2.05, 4.69) is 17.2 Å². The van der Waals surface area contributed by atoms with Crippen LogP contribution in [0.1, 0.15) is 29.3 Å². The molecule has 4 rings (SSSR count). The van der Waals surface area contributed by atoms with Gasteiger partial charge in [-0.2, -0.15) is 0 Å². The summed E-state index contributed by atoms with van der Waals surface area (Å²) in [6.45, 7) is 3.49. The lowest BCUT2D eigenvalue weighted by Gasteiger charge is -2.17. The Kier molecular flexibility index (Phi) is 4.99. The van der Waals surface area contributed by atoms with Gasteiger partial charge in [0.05, 0.1) is 10.3 Å². The summed E-state index contributed by atoms with van der Waals surface area (Å²) < 4.78 is 27.6. The summed E-state index contributed by atoms with van der Waals surface area (Å²) in [6.07, 6.45) is 2.70. The standard InChI is InChI=1S/C19H20N4O4S2/c1-11-3-6-13(7-4-11)29(26,27)21-16(24)10-23-19(25)17-14-8-5-12(2)9-15(14)28-18(17)20-22-23/h3-4,6-7,12H,5,8-10H2,1-2H3,(H,21,24). The molecule has 0 radical (unpaired) electrons. The van der Waals surface area contributed by atoms with E-state index in [9.17, 15) is 18.0 Å². The molecule has 8 nitrogen and oxygen atoms in total. The molecule has 3 aromatic rings. The van der Waals surface area contributed by atoms with E-state index < -0.39 is 28.0 Å². The van der Waals surface area contributed by atoms with Crippen molar-refractivity contribution in [3.05, 3.63) is 50.6 Å². The number of carbonyl (C=O) groups excluding carboxylic acids is 1. The molecule has 1 atom stereocenters. The van der Waals surface area contributed by atoms with Crippen LogP contribution in [0, 0.1) is 12.8 Å². The van der Waals surface area contributed by atoms with E-state index in [0.29, 0.717) is 16.1 Å². The third kappa shape index (κ3) is 3.82. The summed E-state index contributed by atoms with van der Waals surface area (Å²) in [4.78, 5) is 26.9. The van der Waals surface area contributed by atoms with Gasteiger partial charge in [0, 0.05) is 4.88 Å². The van der Waals surface area contributed by atoms with Crippen molar-refractivity contribution in [3.63, 3.8) is 0 Å². The highest BCUT2D eigenvalue weighted by Crippen LogP contribution is 2.35. The molecule has 0 fully saturated rings. The maximum Gasteiger partial charge on any atom is 0.279 e. The molecule has 0 spiro atoms. The summed E-state index contributed by atoms with van der Waals surface area (Å²) in [6, 6.07) is 6.12. The number of amides is 1. The maximum atomic E-state index is 12.9. The Morgan fingerprint density at radius 2 is 2.03 bits per heavy atom. The lowest BCUT2D eigenvalue weighted by Crippen LogP contribution is -2.37. The van der Waals surface area contributed by atoms with E-state index in [4.69, 9.17) is 0 Å². The lowest BCUT2D eigenvalue weighted by molar-refractivity contribution is -0.120. The monoisotopic (exact) mass is 432 g/mol. The molecular weight excluding hydrogens is 412 g/mol. The number of carbonyl (C=O) groups is 1. The van der Waals surface area contributed by atoms with Crippen molar-refractivity contribution in [1.29, 1.82) is 0 Å². The molecule has 10 heteroatoms. The molecule has 1 aliphatic rings. The first kappa shape index (κ1) is 19.7. The molecule has 0 bridgehead atoms. The number of fused-ring (bicyclic) bond motifs is 3. The average molecular weight is 433 g/mol. The van der Waals surface area contributed by atoms with Gasteiger partial charge in [0.2, 0.25) is 0 Å². The second kappa shape index (κ2) is 7.34. The number of aromatic nitrogens is 3. The summed E-state index contributed by atoms with van der Waals surface area (Å²) >= 11 is 1.47. The molecule has 1 aromatic carbocycles. The van der Waals surface area contributed by atoms with Crippen molar-refractivity contribution in [1.82, 2.24) is 19.7 Å². The fourth-order valence-electron chi connectivity index (χ4n) is 3.49. The largest absolute Gasteiger partial charge is 0.279 e. The minimum Gasteiger partial charge on any atom is -0.272 e. The molecule has 152 valence electrons. The van der Waals surface area contributed by atoms with E-state index in [1.54, 1.807) is 12.1 Å². The van der Waals surface area contributed by atoms with Gasteiger partial charge in [-0.25, -0.2) is 17.8 Å². The van der Waals surface area contributed by atoms with Gasteiger partial charge in [0.15, 0.2) is 4.83 Å². The molecule has 1 unspecified atom stereocenters. The van der Waals surface area contributed by atoms with E-state index in [1.807, 2.05) is 11.6 Å². The number of nitrogens with zero attached hydrogens (tertiary/aromatic N) is 3. The second-order valence-corrected chi connectivity index (χ2v) is 10.2. The number of rotatable bonds is 4. The smallest absolute Gasteiger partial charge is 0.272 e. The molecule has 0 aliphatic heterocycles. The third-order valence-electron chi connectivity index (χ3n) is 5.06. The van der Waals surface area contributed by atoms with E-state index in [1.165, 1.54) is 23.5 Å². The molecule has 0 saturated carbocycles. The van der Waals surface area contributed by atoms with E-state index >= 15 is 0 Å². The van der Waals surface area contributed by atoms with Crippen molar-refractivity contribution < 1.29 is 13.2 Å². The Balaban J connectivity index is 1.59. The highest BCUT2D eigenvalue weighted by atomic mass is 32.2. The average Bonchev–Trinajstić information content (AvgIpc) is 3.02. The van der Waals surface area contributed by atoms with Crippen LogP contribution in [0.4, 0.5) is 0 Å². The number of sulfonamides is 1. The maximum absolute atomic E-state index is 12.9. The van der Waals surface area contributed by atoms with Crippen LogP contribution in [0.5, 0.6) is 0 Å². The van der Waals surface area contributed by atoms with Gasteiger partial charge >= 0.3 is 0 Å².